The largest absolute Gasteiger partial charge is 0.465 e. The van der Waals surface area contributed by atoms with Crippen LogP contribution in [0.25, 0.3) is 17.2 Å². The van der Waals surface area contributed by atoms with Crippen LogP contribution in [0.15, 0.2) is 58.4 Å². The molecule has 0 atom stereocenters. The zero-order valence-corrected chi connectivity index (χ0v) is 19.0. The quantitative estimate of drug-likeness (QED) is 0.299. The molecule has 1 amide bonds. The van der Waals surface area contributed by atoms with Crippen molar-refractivity contribution in [2.75, 3.05) is 12.4 Å². The van der Waals surface area contributed by atoms with Gasteiger partial charge in [-0.2, -0.15) is 0 Å². The Morgan fingerprint density at radius 1 is 1.10 bits per heavy atom. The average Bonchev–Trinajstić information content (AvgIpc) is 3.11. The van der Waals surface area contributed by atoms with E-state index >= 15 is 0 Å². The van der Waals surface area contributed by atoms with Gasteiger partial charge in [-0.15, -0.1) is 11.3 Å². The first-order valence-corrected chi connectivity index (χ1v) is 10.7. The summed E-state index contributed by atoms with van der Waals surface area (Å²) in [6, 6.07) is 12.6. The van der Waals surface area contributed by atoms with Crippen molar-refractivity contribution in [3.63, 3.8) is 0 Å². The number of hydrogen-bond donors (Lipinski definition) is 1. The highest BCUT2D eigenvalue weighted by atomic mass is 79.9. The maximum absolute atomic E-state index is 12.4. The first-order valence-electron chi connectivity index (χ1n) is 8.29. The van der Waals surface area contributed by atoms with Gasteiger partial charge in [0.25, 0.3) is 0 Å². The van der Waals surface area contributed by atoms with Crippen molar-refractivity contribution in [1.29, 1.82) is 0 Å². The van der Waals surface area contributed by atoms with Crippen molar-refractivity contribution < 1.29 is 14.3 Å². The number of hydrogen-bond acceptors (Lipinski definition) is 4. The van der Waals surface area contributed by atoms with Crippen molar-refractivity contribution in [3.8, 4) is 11.1 Å². The standard InChI is InChI=1S/C21H14BrCl2NO3S/c1-28-21(27)19-15(12-5-7-13(22)8-6-12)11-29-20(19)25-18(26)10-9-14-16(23)3-2-4-17(14)24/h2-11H,1H3,(H,25,26)/b10-9+. The Kier molecular flexibility index (Phi) is 7.14. The number of rotatable bonds is 5. The zero-order valence-electron chi connectivity index (χ0n) is 15.0. The van der Waals surface area contributed by atoms with E-state index in [0.717, 1.165) is 10.0 Å². The van der Waals surface area contributed by atoms with Crippen molar-refractivity contribution in [1.82, 2.24) is 0 Å². The molecule has 0 aliphatic rings. The van der Waals surface area contributed by atoms with Crippen molar-refractivity contribution in [2.24, 2.45) is 0 Å². The van der Waals surface area contributed by atoms with Crippen molar-refractivity contribution >= 4 is 73.4 Å². The highest BCUT2D eigenvalue weighted by Crippen LogP contribution is 2.36. The first kappa shape index (κ1) is 21.6. The van der Waals surface area contributed by atoms with Crippen LogP contribution in [0.5, 0.6) is 0 Å². The molecule has 0 saturated heterocycles. The van der Waals surface area contributed by atoms with Crippen molar-refractivity contribution in [2.45, 2.75) is 0 Å². The van der Waals surface area contributed by atoms with Crippen LogP contribution in [-0.4, -0.2) is 19.0 Å². The molecule has 0 fully saturated rings. The predicted molar refractivity (Wildman–Crippen MR) is 123 cm³/mol. The lowest BCUT2D eigenvalue weighted by molar-refractivity contribution is -0.111. The summed E-state index contributed by atoms with van der Waals surface area (Å²) in [7, 11) is 1.30. The second kappa shape index (κ2) is 9.59. The smallest absolute Gasteiger partial charge is 0.341 e. The SMILES string of the molecule is COC(=O)c1c(-c2ccc(Br)cc2)csc1NC(=O)/C=C/c1c(Cl)cccc1Cl. The lowest BCUT2D eigenvalue weighted by Gasteiger charge is -2.07. The maximum Gasteiger partial charge on any atom is 0.341 e. The lowest BCUT2D eigenvalue weighted by atomic mass is 10.0. The van der Waals surface area contributed by atoms with Crippen LogP contribution in [0.4, 0.5) is 5.00 Å². The molecule has 29 heavy (non-hydrogen) atoms. The molecule has 1 N–H and O–H groups in total. The normalized spacial score (nSPS) is 10.9. The zero-order chi connectivity index (χ0) is 21.0. The van der Waals surface area contributed by atoms with Gasteiger partial charge in [-0.1, -0.05) is 57.3 Å². The molecule has 0 aliphatic heterocycles. The number of anilines is 1. The van der Waals surface area contributed by atoms with Crippen LogP contribution in [0.1, 0.15) is 15.9 Å². The molecule has 148 valence electrons. The number of carbonyl (C=O) groups excluding carboxylic acids is 2. The topological polar surface area (TPSA) is 55.4 Å². The van der Waals surface area contributed by atoms with Gasteiger partial charge in [0, 0.05) is 37.1 Å². The Hall–Kier alpha value is -2.12. The van der Waals surface area contributed by atoms with E-state index in [9.17, 15) is 9.59 Å². The fourth-order valence-corrected chi connectivity index (χ4v) is 4.33. The highest BCUT2D eigenvalue weighted by Gasteiger charge is 2.22. The summed E-state index contributed by atoms with van der Waals surface area (Å²) in [6.07, 6.45) is 2.84. The lowest BCUT2D eigenvalue weighted by Crippen LogP contribution is -2.11. The molecule has 0 saturated carbocycles. The molecule has 0 aliphatic carbocycles. The first-order chi connectivity index (χ1) is 13.9. The van der Waals surface area contributed by atoms with Crippen LogP contribution in [0.2, 0.25) is 10.0 Å². The minimum atomic E-state index is -0.530. The third kappa shape index (κ3) is 5.08. The summed E-state index contributed by atoms with van der Waals surface area (Å²) in [5, 5.41) is 5.81. The number of amides is 1. The fourth-order valence-electron chi connectivity index (χ4n) is 2.58. The summed E-state index contributed by atoms with van der Waals surface area (Å²) in [5.74, 6) is -0.951. The molecule has 3 aromatic rings. The van der Waals surface area contributed by atoms with Crippen LogP contribution >= 0.6 is 50.5 Å². The maximum atomic E-state index is 12.4. The molecule has 1 heterocycles. The van der Waals surface area contributed by atoms with Gasteiger partial charge in [0.1, 0.15) is 10.6 Å². The van der Waals surface area contributed by atoms with E-state index in [2.05, 4.69) is 21.2 Å². The van der Waals surface area contributed by atoms with E-state index in [-0.39, 0.29) is 0 Å². The van der Waals surface area contributed by atoms with E-state index < -0.39 is 11.9 Å². The summed E-state index contributed by atoms with van der Waals surface area (Å²) in [5.41, 5.74) is 2.37. The van der Waals surface area contributed by atoms with Crippen LogP contribution in [0, 0.1) is 0 Å². The van der Waals surface area contributed by atoms with Gasteiger partial charge in [0.15, 0.2) is 0 Å². The van der Waals surface area contributed by atoms with Crippen molar-refractivity contribution in [3.05, 3.63) is 79.6 Å². The Bertz CT molecular complexity index is 1070. The fraction of sp³-hybridized carbons (Fsp3) is 0.0476. The summed E-state index contributed by atoms with van der Waals surface area (Å²) in [4.78, 5) is 24.8. The number of carbonyl (C=O) groups is 2. The monoisotopic (exact) mass is 509 g/mol. The summed E-state index contributed by atoms with van der Waals surface area (Å²) >= 11 is 16.9. The molecule has 0 unspecified atom stereocenters. The number of thiophene rings is 1. The third-order valence-electron chi connectivity index (χ3n) is 3.97. The van der Waals surface area contributed by atoms with Gasteiger partial charge in [-0.05, 0) is 35.9 Å². The number of nitrogens with one attached hydrogen (secondary N) is 1. The van der Waals surface area contributed by atoms with E-state index in [1.54, 1.807) is 23.6 Å². The van der Waals surface area contributed by atoms with Gasteiger partial charge in [-0.25, -0.2) is 4.79 Å². The molecular weight excluding hydrogens is 497 g/mol. The molecule has 0 spiro atoms. The second-order valence-corrected chi connectivity index (χ2v) is 8.42. The van der Waals surface area contributed by atoms with Crippen LogP contribution < -0.4 is 5.32 Å². The molecule has 2 aromatic carbocycles. The predicted octanol–water partition coefficient (Wildman–Crippen LogP) is 6.92. The Morgan fingerprint density at radius 2 is 1.76 bits per heavy atom. The number of benzene rings is 2. The second-order valence-electron chi connectivity index (χ2n) is 5.81. The number of methoxy groups -OCH3 is 1. The molecule has 8 heteroatoms. The van der Waals surface area contributed by atoms with Crippen LogP contribution in [-0.2, 0) is 9.53 Å². The Morgan fingerprint density at radius 3 is 2.38 bits per heavy atom. The number of ether oxygens (including phenoxy) is 1. The van der Waals surface area contributed by atoms with Gasteiger partial charge in [0.2, 0.25) is 5.91 Å². The van der Waals surface area contributed by atoms with E-state index in [1.807, 2.05) is 24.3 Å². The average molecular weight is 511 g/mol. The van der Waals surface area contributed by atoms with Crippen LogP contribution in [0.3, 0.4) is 0 Å². The molecule has 4 nitrogen and oxygen atoms in total. The minimum Gasteiger partial charge on any atom is -0.465 e. The van der Waals surface area contributed by atoms with Gasteiger partial charge in [0.05, 0.1) is 7.11 Å². The number of esters is 1. The molecule has 0 radical (unpaired) electrons. The number of halogens is 3. The minimum absolute atomic E-state index is 0.303. The summed E-state index contributed by atoms with van der Waals surface area (Å²) in [6.45, 7) is 0. The van der Waals surface area contributed by atoms with E-state index in [4.69, 9.17) is 27.9 Å². The highest BCUT2D eigenvalue weighted by molar-refractivity contribution is 9.10. The Labute approximate surface area is 190 Å². The Balaban J connectivity index is 1.89. The van der Waals surface area contributed by atoms with E-state index in [0.29, 0.717) is 31.7 Å². The molecule has 1 aromatic heterocycles. The van der Waals surface area contributed by atoms with Gasteiger partial charge < -0.3 is 10.1 Å². The summed E-state index contributed by atoms with van der Waals surface area (Å²) < 4.78 is 5.84. The third-order valence-corrected chi connectivity index (χ3v) is 6.06. The van der Waals surface area contributed by atoms with E-state index in [1.165, 1.54) is 30.6 Å². The van der Waals surface area contributed by atoms with Gasteiger partial charge in [-0.3, -0.25) is 4.79 Å². The van der Waals surface area contributed by atoms with Gasteiger partial charge >= 0.3 is 5.97 Å². The molecule has 3 rings (SSSR count). The molecular formula is C21H14BrCl2NO3S. The molecule has 0 bridgehead atoms.